The van der Waals surface area contributed by atoms with Crippen molar-refractivity contribution in [3.8, 4) is 0 Å². The summed E-state index contributed by atoms with van der Waals surface area (Å²) in [7, 11) is -2.31. The van der Waals surface area contributed by atoms with Gasteiger partial charge in [-0.1, -0.05) is 27.6 Å². The summed E-state index contributed by atoms with van der Waals surface area (Å²) in [5.74, 6) is -0.0995. The number of thiophene rings is 1. The Morgan fingerprint density at radius 1 is 1.32 bits per heavy atom. The molecule has 1 atom stereocenters. The Kier molecular flexibility index (Phi) is 4.14. The Labute approximate surface area is 140 Å². The van der Waals surface area contributed by atoms with Crippen molar-refractivity contribution in [2.24, 2.45) is 0 Å². The van der Waals surface area contributed by atoms with E-state index in [4.69, 9.17) is 11.6 Å². The summed E-state index contributed by atoms with van der Waals surface area (Å²) in [6.07, 6.45) is 5.25. The lowest BCUT2D eigenvalue weighted by Crippen LogP contribution is -2.26. The standard InChI is InChI=1S/C16H18ClNO2S2/c1-22(2,20)15-8-7-14(21-15)16(19)18-13-6-3-10-9-11(17)4-5-12(10)13/h4-5,7-9,13,22H,3,6H2,1-2H3,(H,18,19)/t13-/m1/s1. The second-order valence-electron chi connectivity index (χ2n) is 5.90. The van der Waals surface area contributed by atoms with Crippen LogP contribution in [0.25, 0.3) is 0 Å². The highest BCUT2D eigenvalue weighted by atomic mass is 35.5. The predicted octanol–water partition coefficient (Wildman–Crippen LogP) is 3.45. The average Bonchev–Trinajstić information content (AvgIpc) is 3.05. The fourth-order valence-electron chi connectivity index (χ4n) is 2.70. The Morgan fingerprint density at radius 2 is 2.09 bits per heavy atom. The zero-order valence-corrected chi connectivity index (χ0v) is 14.9. The molecule has 0 unspecified atom stereocenters. The Hall–Kier alpha value is -1.17. The van der Waals surface area contributed by atoms with Gasteiger partial charge in [-0.05, 0) is 60.7 Å². The maximum Gasteiger partial charge on any atom is 0.261 e. The van der Waals surface area contributed by atoms with Crippen molar-refractivity contribution in [2.45, 2.75) is 23.1 Å². The van der Waals surface area contributed by atoms with Gasteiger partial charge in [0, 0.05) is 5.02 Å². The van der Waals surface area contributed by atoms with E-state index < -0.39 is 9.93 Å². The molecule has 0 radical (unpaired) electrons. The summed E-state index contributed by atoms with van der Waals surface area (Å²) in [6, 6.07) is 9.40. The van der Waals surface area contributed by atoms with Gasteiger partial charge in [-0.15, -0.1) is 11.3 Å². The van der Waals surface area contributed by atoms with Gasteiger partial charge in [0.05, 0.1) is 15.1 Å². The van der Waals surface area contributed by atoms with Crippen molar-refractivity contribution in [1.82, 2.24) is 5.32 Å². The number of aryl methyl sites for hydroxylation is 1. The molecule has 1 N–H and O–H groups in total. The van der Waals surface area contributed by atoms with Gasteiger partial charge in [0.15, 0.2) is 0 Å². The largest absolute Gasteiger partial charge is 0.345 e. The highest BCUT2D eigenvalue weighted by Gasteiger charge is 2.25. The first-order valence-corrected chi connectivity index (χ1v) is 10.9. The summed E-state index contributed by atoms with van der Waals surface area (Å²) in [4.78, 5) is 13.0. The molecule has 0 bridgehead atoms. The molecule has 0 aliphatic heterocycles. The molecule has 6 heteroatoms. The summed E-state index contributed by atoms with van der Waals surface area (Å²) < 4.78 is 12.8. The molecule has 1 aliphatic carbocycles. The minimum Gasteiger partial charge on any atom is -0.345 e. The third-order valence-electron chi connectivity index (χ3n) is 3.83. The van der Waals surface area contributed by atoms with Crippen LogP contribution in [0, 0.1) is 0 Å². The number of halogens is 1. The first kappa shape index (κ1) is 15.7. The molecule has 118 valence electrons. The molecule has 0 saturated heterocycles. The first-order valence-electron chi connectivity index (χ1n) is 7.09. The predicted molar refractivity (Wildman–Crippen MR) is 94.0 cm³/mol. The van der Waals surface area contributed by atoms with E-state index in [2.05, 4.69) is 5.32 Å². The third kappa shape index (κ3) is 3.12. The molecule has 2 aromatic rings. The normalized spacial score (nSPS) is 18.0. The fraction of sp³-hybridized carbons (Fsp3) is 0.312. The van der Waals surface area contributed by atoms with Crippen LogP contribution in [0.5, 0.6) is 0 Å². The second kappa shape index (κ2) is 5.80. The monoisotopic (exact) mass is 355 g/mol. The molecule has 1 aromatic carbocycles. The summed E-state index contributed by atoms with van der Waals surface area (Å²) >= 11 is 7.32. The van der Waals surface area contributed by atoms with E-state index in [0.29, 0.717) is 4.88 Å². The lowest BCUT2D eigenvalue weighted by atomic mass is 10.1. The SMILES string of the molecule is C[SH](C)(=O)c1ccc(C(=O)N[C@@H]2CCc3cc(Cl)ccc32)s1. The van der Waals surface area contributed by atoms with Gasteiger partial charge in [-0.25, -0.2) is 0 Å². The maximum atomic E-state index is 12.4. The molecule has 1 amide bonds. The van der Waals surface area contributed by atoms with Gasteiger partial charge in [0.25, 0.3) is 5.91 Å². The van der Waals surface area contributed by atoms with E-state index in [9.17, 15) is 9.00 Å². The van der Waals surface area contributed by atoms with E-state index in [1.807, 2.05) is 18.2 Å². The smallest absolute Gasteiger partial charge is 0.261 e. The molecule has 3 rings (SSSR count). The number of carbonyl (C=O) groups is 1. The van der Waals surface area contributed by atoms with Crippen LogP contribution in [-0.2, 0) is 16.4 Å². The van der Waals surface area contributed by atoms with Crippen molar-refractivity contribution in [3.63, 3.8) is 0 Å². The maximum absolute atomic E-state index is 12.4. The van der Waals surface area contributed by atoms with Crippen molar-refractivity contribution in [1.29, 1.82) is 0 Å². The number of hydrogen-bond donors (Lipinski definition) is 2. The minimum absolute atomic E-state index is 0.0281. The molecule has 1 heterocycles. The average molecular weight is 356 g/mol. The quantitative estimate of drug-likeness (QED) is 0.828. The Morgan fingerprint density at radius 3 is 2.77 bits per heavy atom. The van der Waals surface area contributed by atoms with Crippen molar-refractivity contribution in [2.75, 3.05) is 12.5 Å². The summed E-state index contributed by atoms with van der Waals surface area (Å²) in [6.45, 7) is 0. The van der Waals surface area contributed by atoms with Crippen LogP contribution in [-0.4, -0.2) is 22.6 Å². The van der Waals surface area contributed by atoms with Gasteiger partial charge < -0.3 is 5.32 Å². The van der Waals surface area contributed by atoms with E-state index in [-0.39, 0.29) is 11.9 Å². The van der Waals surface area contributed by atoms with Crippen LogP contribution in [0.4, 0.5) is 0 Å². The van der Waals surface area contributed by atoms with Crippen LogP contribution in [0.15, 0.2) is 34.5 Å². The third-order valence-corrected chi connectivity index (χ3v) is 7.76. The highest BCUT2D eigenvalue weighted by Crippen LogP contribution is 2.33. The lowest BCUT2D eigenvalue weighted by Gasteiger charge is -2.13. The number of rotatable bonds is 3. The molecule has 0 fully saturated rings. The van der Waals surface area contributed by atoms with Crippen LogP contribution >= 0.6 is 22.9 Å². The van der Waals surface area contributed by atoms with E-state index in [1.165, 1.54) is 16.9 Å². The molecule has 0 spiro atoms. The minimum atomic E-state index is -2.31. The lowest BCUT2D eigenvalue weighted by molar-refractivity contribution is 0.0941. The molecular weight excluding hydrogens is 338 g/mol. The highest BCUT2D eigenvalue weighted by molar-refractivity contribution is 8.03. The van der Waals surface area contributed by atoms with Gasteiger partial charge >= 0.3 is 0 Å². The van der Waals surface area contributed by atoms with Gasteiger partial charge in [-0.3, -0.25) is 9.00 Å². The number of thiol groups is 1. The topological polar surface area (TPSA) is 46.2 Å². The first-order chi connectivity index (χ1) is 10.3. The number of hydrogen-bond acceptors (Lipinski definition) is 3. The molecule has 0 saturated carbocycles. The Balaban J connectivity index is 1.76. The van der Waals surface area contributed by atoms with Crippen molar-refractivity contribution in [3.05, 3.63) is 51.4 Å². The number of benzene rings is 1. The zero-order chi connectivity index (χ0) is 15.9. The van der Waals surface area contributed by atoms with Crippen LogP contribution in [0.2, 0.25) is 5.02 Å². The Bertz CT molecular complexity index is 778. The number of nitrogens with one attached hydrogen (secondary N) is 1. The molecule has 1 aliphatic rings. The number of carbonyl (C=O) groups excluding carboxylic acids is 1. The molecule has 3 nitrogen and oxygen atoms in total. The van der Waals surface area contributed by atoms with Crippen LogP contribution in [0.3, 0.4) is 0 Å². The zero-order valence-electron chi connectivity index (χ0n) is 12.4. The van der Waals surface area contributed by atoms with Crippen LogP contribution in [0.1, 0.15) is 33.3 Å². The second-order valence-corrected chi connectivity index (χ2v) is 10.9. The summed E-state index contributed by atoms with van der Waals surface area (Å²) in [5, 5.41) is 3.81. The van der Waals surface area contributed by atoms with E-state index in [0.717, 1.165) is 27.6 Å². The van der Waals surface area contributed by atoms with Gasteiger partial charge in [-0.2, -0.15) is 0 Å². The molecular formula is C16H18ClNO2S2. The van der Waals surface area contributed by atoms with Crippen molar-refractivity contribution < 1.29 is 9.00 Å². The number of fused-ring (bicyclic) bond motifs is 1. The van der Waals surface area contributed by atoms with Crippen LogP contribution < -0.4 is 5.32 Å². The van der Waals surface area contributed by atoms with E-state index >= 15 is 0 Å². The van der Waals surface area contributed by atoms with E-state index in [1.54, 1.807) is 24.6 Å². The fourth-order valence-corrected chi connectivity index (χ4v) is 5.16. The van der Waals surface area contributed by atoms with Crippen molar-refractivity contribution >= 4 is 38.8 Å². The molecule has 22 heavy (non-hydrogen) atoms. The summed E-state index contributed by atoms with van der Waals surface area (Å²) in [5.41, 5.74) is 2.35. The van der Waals surface area contributed by atoms with Gasteiger partial charge in [0.1, 0.15) is 0 Å². The van der Waals surface area contributed by atoms with Gasteiger partial charge in [0.2, 0.25) is 0 Å². The number of amides is 1. The molecule has 1 aromatic heterocycles.